The van der Waals surface area contributed by atoms with Gasteiger partial charge in [-0.3, -0.25) is 14.9 Å². The molecular weight excluding hydrogens is 476 g/mol. The second kappa shape index (κ2) is 8.94. The number of nitrogens with one attached hydrogen (secondary N) is 1. The Kier molecular flexibility index (Phi) is 6.24. The highest BCUT2D eigenvalue weighted by Crippen LogP contribution is 2.30. The Morgan fingerprint density at radius 3 is 2.72 bits per heavy atom. The molecule has 32 heavy (non-hydrogen) atoms. The van der Waals surface area contributed by atoms with Gasteiger partial charge in [0.2, 0.25) is 15.9 Å². The zero-order valence-corrected chi connectivity index (χ0v) is 18.9. The topological polar surface area (TPSA) is 123 Å². The van der Waals surface area contributed by atoms with Gasteiger partial charge >= 0.3 is 0 Å². The fraction of sp³-hybridized carbons (Fsp3) is 0.200. The van der Waals surface area contributed by atoms with E-state index < -0.39 is 26.9 Å². The summed E-state index contributed by atoms with van der Waals surface area (Å²) in [5.74, 6) is -0.472. The number of carbonyl (C=O) groups is 1. The molecule has 4 rings (SSSR count). The van der Waals surface area contributed by atoms with Crippen LogP contribution in [0.3, 0.4) is 0 Å². The molecule has 166 valence electrons. The van der Waals surface area contributed by atoms with E-state index in [4.69, 9.17) is 11.6 Å². The van der Waals surface area contributed by atoms with Gasteiger partial charge < -0.3 is 5.32 Å². The van der Waals surface area contributed by atoms with Crippen LogP contribution < -0.4 is 5.32 Å². The highest BCUT2D eigenvalue weighted by molar-refractivity contribution is 7.89. The van der Waals surface area contributed by atoms with E-state index in [0.29, 0.717) is 29.1 Å². The highest BCUT2D eigenvalue weighted by atomic mass is 35.5. The lowest BCUT2D eigenvalue weighted by molar-refractivity contribution is -0.384. The molecule has 1 N–H and O–H groups in total. The molecule has 0 radical (unpaired) electrons. The summed E-state index contributed by atoms with van der Waals surface area (Å²) in [5.41, 5.74) is 0.963. The first-order chi connectivity index (χ1) is 15.3. The maximum Gasteiger partial charge on any atom is 0.270 e. The van der Waals surface area contributed by atoms with Crippen LogP contribution in [0.4, 0.5) is 10.8 Å². The number of nitro benzene ring substituents is 1. The molecule has 12 heteroatoms. The van der Waals surface area contributed by atoms with Gasteiger partial charge in [-0.25, -0.2) is 13.4 Å². The van der Waals surface area contributed by atoms with E-state index in [-0.39, 0.29) is 22.3 Å². The Morgan fingerprint density at radius 2 is 2.00 bits per heavy atom. The molecule has 3 aromatic rings. The lowest BCUT2D eigenvalue weighted by atomic mass is 10.1. The van der Waals surface area contributed by atoms with Gasteiger partial charge in [0.15, 0.2) is 5.13 Å². The summed E-state index contributed by atoms with van der Waals surface area (Å²) in [6, 6.07) is 11.0. The van der Waals surface area contributed by atoms with Crippen LogP contribution >= 0.6 is 22.9 Å². The number of aromatic nitrogens is 1. The summed E-state index contributed by atoms with van der Waals surface area (Å²) in [7, 11) is -3.86. The zero-order chi connectivity index (χ0) is 22.9. The fourth-order valence-electron chi connectivity index (χ4n) is 3.46. The normalized spacial score (nSPS) is 16.7. The molecule has 9 nitrogen and oxygen atoms in total. The number of nitro groups is 1. The van der Waals surface area contributed by atoms with E-state index in [1.807, 2.05) is 0 Å². The summed E-state index contributed by atoms with van der Waals surface area (Å²) in [6.07, 6.45) is 0.948. The summed E-state index contributed by atoms with van der Waals surface area (Å²) in [5, 5.41) is 16.0. The molecule has 1 saturated heterocycles. The van der Waals surface area contributed by atoms with Gasteiger partial charge in [-0.2, -0.15) is 4.31 Å². The number of amides is 1. The first kappa shape index (κ1) is 22.3. The van der Waals surface area contributed by atoms with Crippen molar-refractivity contribution in [2.24, 2.45) is 0 Å². The van der Waals surface area contributed by atoms with E-state index >= 15 is 0 Å². The number of hydrogen-bond acceptors (Lipinski definition) is 7. The second-order valence-electron chi connectivity index (χ2n) is 7.06. The number of rotatable bonds is 6. The average Bonchev–Trinajstić information content (AvgIpc) is 3.44. The number of nitrogens with zero attached hydrogens (tertiary/aromatic N) is 3. The first-order valence-electron chi connectivity index (χ1n) is 9.54. The van der Waals surface area contributed by atoms with Gasteiger partial charge in [0.1, 0.15) is 6.04 Å². The Bertz CT molecular complexity index is 1280. The third kappa shape index (κ3) is 4.51. The van der Waals surface area contributed by atoms with E-state index in [2.05, 4.69) is 10.3 Å². The van der Waals surface area contributed by atoms with Crippen molar-refractivity contribution in [1.29, 1.82) is 0 Å². The van der Waals surface area contributed by atoms with Crippen LogP contribution in [0.1, 0.15) is 12.8 Å². The Hall–Kier alpha value is -2.86. The van der Waals surface area contributed by atoms with Crippen molar-refractivity contribution in [3.05, 3.63) is 69.0 Å². The van der Waals surface area contributed by atoms with Gasteiger partial charge in [-0.1, -0.05) is 23.7 Å². The summed E-state index contributed by atoms with van der Waals surface area (Å²) >= 11 is 7.01. The van der Waals surface area contributed by atoms with Gasteiger partial charge in [0, 0.05) is 34.6 Å². The third-order valence-electron chi connectivity index (χ3n) is 5.01. The molecule has 1 amide bonds. The molecule has 1 unspecified atom stereocenters. The summed E-state index contributed by atoms with van der Waals surface area (Å²) < 4.78 is 27.2. The van der Waals surface area contributed by atoms with Crippen LogP contribution in [0, 0.1) is 10.1 Å². The summed E-state index contributed by atoms with van der Waals surface area (Å²) in [6.45, 7) is 0.236. The van der Waals surface area contributed by atoms with Crippen molar-refractivity contribution >= 4 is 49.7 Å². The molecule has 1 aliphatic rings. The van der Waals surface area contributed by atoms with Crippen LogP contribution in [-0.2, 0) is 14.8 Å². The molecule has 0 saturated carbocycles. The van der Waals surface area contributed by atoms with Crippen LogP contribution in [0.15, 0.2) is 58.8 Å². The number of hydrogen-bond donors (Lipinski definition) is 1. The van der Waals surface area contributed by atoms with Crippen molar-refractivity contribution in [3.63, 3.8) is 0 Å². The number of non-ortho nitro benzene ring substituents is 1. The molecule has 1 aromatic heterocycles. The van der Waals surface area contributed by atoms with Crippen molar-refractivity contribution in [2.75, 3.05) is 11.9 Å². The largest absolute Gasteiger partial charge is 0.301 e. The van der Waals surface area contributed by atoms with Crippen LogP contribution in [0.2, 0.25) is 5.02 Å². The van der Waals surface area contributed by atoms with Gasteiger partial charge in [0.05, 0.1) is 15.5 Å². The maximum absolute atomic E-state index is 13.0. The number of sulfonamides is 1. The predicted octanol–water partition coefficient (Wildman–Crippen LogP) is 4.16. The van der Waals surface area contributed by atoms with Crippen molar-refractivity contribution in [1.82, 2.24) is 9.29 Å². The van der Waals surface area contributed by atoms with E-state index in [1.54, 1.807) is 17.5 Å². The Balaban J connectivity index is 1.51. The van der Waals surface area contributed by atoms with E-state index in [9.17, 15) is 23.3 Å². The smallest absolute Gasteiger partial charge is 0.270 e. The quantitative estimate of drug-likeness (QED) is 0.407. The molecular formula is C20H17ClN4O5S2. The minimum absolute atomic E-state index is 0.0601. The van der Waals surface area contributed by atoms with E-state index in [1.165, 1.54) is 40.7 Å². The predicted molar refractivity (Wildman–Crippen MR) is 121 cm³/mol. The Labute approximate surface area is 192 Å². The lowest BCUT2D eigenvalue weighted by Gasteiger charge is -2.23. The number of benzene rings is 2. The SMILES string of the molecule is O=C(Nc1nc(-c2cccc([N+](=O)[O-])c2)cs1)C1CCCN1S(=O)(=O)c1ccc(Cl)cc1. The van der Waals surface area contributed by atoms with Crippen LogP contribution in [0.25, 0.3) is 11.3 Å². The van der Waals surface area contributed by atoms with E-state index in [0.717, 1.165) is 11.3 Å². The number of halogens is 1. The Morgan fingerprint density at radius 1 is 1.25 bits per heavy atom. The van der Waals surface area contributed by atoms with Crippen molar-refractivity contribution < 1.29 is 18.1 Å². The molecule has 2 aromatic carbocycles. The third-order valence-corrected chi connectivity index (χ3v) is 7.95. The number of anilines is 1. The minimum Gasteiger partial charge on any atom is -0.301 e. The molecule has 0 spiro atoms. The fourth-order valence-corrected chi connectivity index (χ4v) is 5.97. The monoisotopic (exact) mass is 492 g/mol. The average molecular weight is 493 g/mol. The zero-order valence-electron chi connectivity index (χ0n) is 16.5. The number of carbonyl (C=O) groups excluding carboxylic acids is 1. The molecule has 0 aliphatic carbocycles. The first-order valence-corrected chi connectivity index (χ1v) is 12.2. The van der Waals surface area contributed by atoms with Crippen LogP contribution in [-0.4, -0.2) is 41.1 Å². The van der Waals surface area contributed by atoms with Gasteiger partial charge in [-0.15, -0.1) is 11.3 Å². The molecule has 1 atom stereocenters. The van der Waals surface area contributed by atoms with Crippen LogP contribution in [0.5, 0.6) is 0 Å². The number of thiazole rings is 1. The standard InChI is InChI=1S/C20H17ClN4O5S2/c21-14-6-8-16(9-7-14)32(29,30)24-10-2-5-18(24)19(26)23-20-22-17(12-31-20)13-3-1-4-15(11-13)25(27)28/h1,3-4,6-9,11-12,18H,2,5,10H2,(H,22,23,26). The van der Waals surface area contributed by atoms with Gasteiger partial charge in [0.25, 0.3) is 5.69 Å². The molecule has 0 bridgehead atoms. The molecule has 1 fully saturated rings. The van der Waals surface area contributed by atoms with Crippen molar-refractivity contribution in [2.45, 2.75) is 23.8 Å². The maximum atomic E-state index is 13.0. The minimum atomic E-state index is -3.86. The molecule has 2 heterocycles. The summed E-state index contributed by atoms with van der Waals surface area (Å²) in [4.78, 5) is 27.8. The lowest BCUT2D eigenvalue weighted by Crippen LogP contribution is -2.43. The highest BCUT2D eigenvalue weighted by Gasteiger charge is 2.39. The van der Waals surface area contributed by atoms with Crippen molar-refractivity contribution in [3.8, 4) is 11.3 Å². The van der Waals surface area contributed by atoms with Gasteiger partial charge in [-0.05, 0) is 37.1 Å². The molecule has 1 aliphatic heterocycles. The second-order valence-corrected chi connectivity index (χ2v) is 10.2.